The summed E-state index contributed by atoms with van der Waals surface area (Å²) >= 11 is 0. The van der Waals surface area contributed by atoms with Crippen molar-refractivity contribution >= 4 is 17.7 Å². The summed E-state index contributed by atoms with van der Waals surface area (Å²) in [7, 11) is 1.28. The summed E-state index contributed by atoms with van der Waals surface area (Å²) in [5, 5.41) is 3.25. The van der Waals surface area contributed by atoms with Crippen molar-refractivity contribution in [1.82, 2.24) is 5.32 Å². The molecule has 34 heavy (non-hydrogen) atoms. The third-order valence-corrected chi connectivity index (χ3v) is 6.16. The fourth-order valence-corrected chi connectivity index (χ4v) is 4.68. The van der Waals surface area contributed by atoms with Crippen LogP contribution in [0.15, 0.2) is 46.8 Å². The van der Waals surface area contributed by atoms with Gasteiger partial charge in [-0.05, 0) is 39.2 Å². The monoisotopic (exact) mass is 471 g/mol. The van der Waals surface area contributed by atoms with E-state index in [4.69, 9.17) is 18.9 Å². The molecule has 0 fully saturated rings. The number of rotatable bonds is 9. The summed E-state index contributed by atoms with van der Waals surface area (Å²) in [5.74, 6) is -2.84. The van der Waals surface area contributed by atoms with Gasteiger partial charge in [-0.1, -0.05) is 25.1 Å². The second kappa shape index (κ2) is 11.3. The molecule has 0 aromatic heterocycles. The van der Waals surface area contributed by atoms with Gasteiger partial charge in [0.1, 0.15) is 18.3 Å². The number of hydrogen-bond acceptors (Lipinski definition) is 8. The highest BCUT2D eigenvalue weighted by molar-refractivity contribution is 6.12. The molecular formula is C26H33NO7. The van der Waals surface area contributed by atoms with Gasteiger partial charge < -0.3 is 24.3 Å². The van der Waals surface area contributed by atoms with Crippen molar-refractivity contribution in [3.8, 4) is 5.75 Å². The lowest BCUT2D eigenvalue weighted by Crippen LogP contribution is -2.43. The first-order valence-electron chi connectivity index (χ1n) is 11.6. The van der Waals surface area contributed by atoms with Gasteiger partial charge in [0, 0.05) is 29.1 Å². The molecule has 0 saturated carbocycles. The Labute approximate surface area is 200 Å². The second-order valence-electron chi connectivity index (χ2n) is 8.34. The third kappa shape index (κ3) is 5.01. The van der Waals surface area contributed by atoms with Crippen LogP contribution in [0.25, 0.3) is 0 Å². The molecule has 1 aromatic carbocycles. The highest BCUT2D eigenvalue weighted by Gasteiger charge is 2.47. The maximum Gasteiger partial charge on any atom is 0.336 e. The van der Waals surface area contributed by atoms with Crippen molar-refractivity contribution < 1.29 is 33.3 Å². The number of ether oxygens (including phenoxy) is 4. The number of esters is 2. The number of benzene rings is 1. The summed E-state index contributed by atoms with van der Waals surface area (Å²) in [6, 6.07) is 7.32. The van der Waals surface area contributed by atoms with Crippen molar-refractivity contribution in [3.63, 3.8) is 0 Å². The molecule has 184 valence electrons. The number of hydrogen-bond donors (Lipinski definition) is 1. The average Bonchev–Trinajstić information content (AvgIpc) is 2.81. The zero-order chi connectivity index (χ0) is 24.8. The van der Waals surface area contributed by atoms with Crippen molar-refractivity contribution in [3.05, 3.63) is 52.4 Å². The standard InChI is InChI=1S/C26H33NO7/c1-6-32-12-13-34-26(30)21-16(4)27-18-14-15(3)20(25(29)31-5)24(28)23(18)22(21)17-10-8-9-11-19(17)33-7-2/h8-11,15,20,22,27H,6-7,12-14H2,1-5H3/t15-,20+,22-/m1/s1. The van der Waals surface area contributed by atoms with Crippen LogP contribution >= 0.6 is 0 Å². The maximum absolute atomic E-state index is 13.8. The molecule has 8 heteroatoms. The van der Waals surface area contributed by atoms with Gasteiger partial charge in [-0.2, -0.15) is 0 Å². The maximum atomic E-state index is 13.8. The predicted molar refractivity (Wildman–Crippen MR) is 125 cm³/mol. The molecule has 2 aliphatic rings. The highest BCUT2D eigenvalue weighted by Crippen LogP contribution is 2.47. The van der Waals surface area contributed by atoms with Gasteiger partial charge >= 0.3 is 11.9 Å². The number of nitrogens with one attached hydrogen (secondary N) is 1. The summed E-state index contributed by atoms with van der Waals surface area (Å²) in [5.41, 5.74) is 2.67. The van der Waals surface area contributed by atoms with Crippen molar-refractivity contribution in [2.45, 2.75) is 40.0 Å². The quantitative estimate of drug-likeness (QED) is 0.333. The lowest BCUT2D eigenvalue weighted by atomic mass is 9.69. The Morgan fingerprint density at radius 3 is 2.53 bits per heavy atom. The van der Waals surface area contributed by atoms with E-state index in [9.17, 15) is 14.4 Å². The van der Waals surface area contributed by atoms with E-state index in [2.05, 4.69) is 5.32 Å². The number of carbonyl (C=O) groups excluding carboxylic acids is 3. The normalized spacial score (nSPS) is 22.1. The van der Waals surface area contributed by atoms with Gasteiger partial charge in [0.15, 0.2) is 5.78 Å². The first kappa shape index (κ1) is 25.5. The van der Waals surface area contributed by atoms with E-state index in [0.29, 0.717) is 53.5 Å². The molecule has 3 atom stereocenters. The number of methoxy groups -OCH3 is 1. The molecule has 0 amide bonds. The summed E-state index contributed by atoms with van der Waals surface area (Å²) in [6.07, 6.45) is 0.470. The first-order chi connectivity index (χ1) is 16.3. The van der Waals surface area contributed by atoms with Crippen molar-refractivity contribution in [2.75, 3.05) is 33.5 Å². The number of para-hydroxylation sites is 1. The Balaban J connectivity index is 2.13. The van der Waals surface area contributed by atoms with Crippen LogP contribution in [0.4, 0.5) is 0 Å². The van der Waals surface area contributed by atoms with Crippen LogP contribution in [-0.2, 0) is 28.6 Å². The molecular weight excluding hydrogens is 438 g/mol. The van der Waals surface area contributed by atoms with Crippen LogP contribution < -0.4 is 10.1 Å². The molecule has 3 rings (SSSR count). The van der Waals surface area contributed by atoms with Crippen LogP contribution in [0.5, 0.6) is 5.75 Å². The minimum absolute atomic E-state index is 0.0882. The Hall–Kier alpha value is -3.13. The SMILES string of the molecule is CCOCCOC(=O)C1=C(C)NC2=C(C(=O)[C@@H](C(=O)OC)[C@H](C)C2)[C@@H]1c1ccccc1OCC. The molecule has 0 radical (unpaired) electrons. The van der Waals surface area contributed by atoms with E-state index in [1.54, 1.807) is 6.92 Å². The number of Topliss-reactive ketones (excluding diaryl/α,β-unsaturated/α-hetero) is 1. The molecule has 0 saturated heterocycles. The molecule has 0 unspecified atom stereocenters. The summed E-state index contributed by atoms with van der Waals surface area (Å²) < 4.78 is 21.6. The van der Waals surface area contributed by atoms with Crippen LogP contribution in [0, 0.1) is 11.8 Å². The average molecular weight is 472 g/mol. The predicted octanol–water partition coefficient (Wildman–Crippen LogP) is 3.28. The number of dihydropyridines is 1. The number of allylic oxidation sites excluding steroid dienone is 3. The molecule has 8 nitrogen and oxygen atoms in total. The summed E-state index contributed by atoms with van der Waals surface area (Å²) in [4.78, 5) is 39.6. The van der Waals surface area contributed by atoms with Gasteiger partial charge in [0.25, 0.3) is 0 Å². The Bertz CT molecular complexity index is 1010. The minimum atomic E-state index is -0.944. The molecule has 0 bridgehead atoms. The van der Waals surface area contributed by atoms with E-state index in [1.165, 1.54) is 7.11 Å². The van der Waals surface area contributed by atoms with Crippen LogP contribution in [-0.4, -0.2) is 51.3 Å². The van der Waals surface area contributed by atoms with Gasteiger partial charge in [0.05, 0.1) is 31.8 Å². The summed E-state index contributed by atoms with van der Waals surface area (Å²) in [6.45, 7) is 8.67. The van der Waals surface area contributed by atoms with E-state index in [-0.39, 0.29) is 24.9 Å². The Morgan fingerprint density at radius 2 is 1.85 bits per heavy atom. The van der Waals surface area contributed by atoms with Crippen LogP contribution in [0.2, 0.25) is 0 Å². The molecule has 1 heterocycles. The second-order valence-corrected chi connectivity index (χ2v) is 8.34. The van der Waals surface area contributed by atoms with E-state index < -0.39 is 23.8 Å². The van der Waals surface area contributed by atoms with Crippen molar-refractivity contribution in [1.29, 1.82) is 0 Å². The lowest BCUT2D eigenvalue weighted by molar-refractivity contribution is -0.151. The zero-order valence-electron chi connectivity index (χ0n) is 20.4. The number of ketones is 1. The fourth-order valence-electron chi connectivity index (χ4n) is 4.68. The molecule has 1 aliphatic heterocycles. The molecule has 0 spiro atoms. The van der Waals surface area contributed by atoms with Gasteiger partial charge in [-0.25, -0.2) is 4.79 Å². The Kier molecular flexibility index (Phi) is 8.50. The van der Waals surface area contributed by atoms with Crippen LogP contribution in [0.3, 0.4) is 0 Å². The minimum Gasteiger partial charge on any atom is -0.494 e. The van der Waals surface area contributed by atoms with Crippen LogP contribution in [0.1, 0.15) is 45.6 Å². The van der Waals surface area contributed by atoms with Gasteiger partial charge in [-0.3, -0.25) is 9.59 Å². The molecule has 1 N–H and O–H groups in total. The Morgan fingerprint density at radius 1 is 1.12 bits per heavy atom. The van der Waals surface area contributed by atoms with Gasteiger partial charge in [0.2, 0.25) is 0 Å². The fraction of sp³-hybridized carbons (Fsp3) is 0.500. The first-order valence-corrected chi connectivity index (χ1v) is 11.6. The van der Waals surface area contributed by atoms with E-state index >= 15 is 0 Å². The number of carbonyl (C=O) groups is 3. The lowest BCUT2D eigenvalue weighted by Gasteiger charge is -2.38. The zero-order valence-corrected chi connectivity index (χ0v) is 20.4. The molecule has 1 aliphatic carbocycles. The topological polar surface area (TPSA) is 100 Å². The van der Waals surface area contributed by atoms with E-state index in [0.717, 1.165) is 0 Å². The van der Waals surface area contributed by atoms with E-state index in [1.807, 2.05) is 45.0 Å². The van der Waals surface area contributed by atoms with Gasteiger partial charge in [-0.15, -0.1) is 0 Å². The highest BCUT2D eigenvalue weighted by atomic mass is 16.6. The third-order valence-electron chi connectivity index (χ3n) is 6.16. The van der Waals surface area contributed by atoms with Crippen molar-refractivity contribution in [2.24, 2.45) is 11.8 Å². The molecule has 1 aromatic rings. The smallest absolute Gasteiger partial charge is 0.336 e. The largest absolute Gasteiger partial charge is 0.494 e.